The molecule has 1 fully saturated rings. The van der Waals surface area contributed by atoms with E-state index in [1.165, 1.54) is 19.1 Å². The smallest absolute Gasteiger partial charge is 0.269 e. The number of carbonyl (C=O) groups is 2. The highest BCUT2D eigenvalue weighted by Gasteiger charge is 2.66. The highest BCUT2D eigenvalue weighted by molar-refractivity contribution is 6.91. The Hall–Kier alpha value is -4.10. The van der Waals surface area contributed by atoms with E-state index in [0.717, 1.165) is 10.9 Å². The number of fused-ring (bicyclic) bond motifs is 2. The Morgan fingerprint density at radius 2 is 1.89 bits per heavy atom. The number of amides is 2. The SMILES string of the molecule is COc1ccc([Si](C)(C)[C@H]2[C@H](CCO)O[C@@]3(C(=O)N(Cc4cccc(NC(=O)[C@H](C)O)c4)c4ccc([N+](=O)[O-])cc43)[C@@H]2C)cc1. The number of ether oxygens (including phenoxy) is 2. The summed E-state index contributed by atoms with van der Waals surface area (Å²) in [6.45, 7) is 7.78. The molecule has 0 radical (unpaired) electrons. The van der Waals surface area contributed by atoms with Gasteiger partial charge in [0, 0.05) is 35.9 Å². The quantitative estimate of drug-likeness (QED) is 0.172. The molecule has 0 unspecified atom stereocenters. The monoisotopic (exact) mass is 633 g/mol. The maximum atomic E-state index is 14.7. The van der Waals surface area contributed by atoms with Gasteiger partial charge in [-0.3, -0.25) is 19.7 Å². The molecule has 2 amide bonds. The summed E-state index contributed by atoms with van der Waals surface area (Å²) in [5.41, 5.74) is 0.365. The van der Waals surface area contributed by atoms with Crippen molar-refractivity contribution in [1.82, 2.24) is 0 Å². The fraction of sp³-hybridized carbons (Fsp3) is 0.394. The number of nitrogens with zero attached hydrogens (tertiary/aromatic N) is 2. The number of non-ortho nitro benzene ring substituents is 1. The van der Waals surface area contributed by atoms with E-state index in [9.17, 15) is 29.9 Å². The minimum atomic E-state index is -2.41. The van der Waals surface area contributed by atoms with Gasteiger partial charge in [0.1, 0.15) is 11.9 Å². The summed E-state index contributed by atoms with van der Waals surface area (Å²) >= 11 is 0. The summed E-state index contributed by atoms with van der Waals surface area (Å²) in [6.07, 6.45) is -1.35. The molecule has 0 aromatic heterocycles. The average molecular weight is 634 g/mol. The molecule has 5 atom stereocenters. The molecule has 2 aliphatic heterocycles. The number of nitrogens with one attached hydrogen (secondary N) is 1. The van der Waals surface area contributed by atoms with Crippen molar-refractivity contribution < 1.29 is 34.2 Å². The van der Waals surface area contributed by atoms with E-state index >= 15 is 0 Å². The lowest BCUT2D eigenvalue weighted by molar-refractivity contribution is -0.385. The molecule has 238 valence electrons. The predicted octanol–water partition coefficient (Wildman–Crippen LogP) is 4.07. The van der Waals surface area contributed by atoms with Gasteiger partial charge in [-0.15, -0.1) is 0 Å². The number of nitro benzene ring substituents is 1. The minimum Gasteiger partial charge on any atom is -0.497 e. The van der Waals surface area contributed by atoms with Crippen LogP contribution in [0.15, 0.2) is 66.7 Å². The second-order valence-electron chi connectivity index (χ2n) is 12.4. The van der Waals surface area contributed by atoms with Crippen molar-refractivity contribution in [1.29, 1.82) is 0 Å². The lowest BCUT2D eigenvalue weighted by Gasteiger charge is -2.37. The number of aliphatic hydroxyl groups excluding tert-OH is 2. The van der Waals surface area contributed by atoms with Crippen molar-refractivity contribution in [2.75, 3.05) is 23.9 Å². The van der Waals surface area contributed by atoms with E-state index < -0.39 is 36.7 Å². The molecule has 3 aromatic carbocycles. The summed E-state index contributed by atoms with van der Waals surface area (Å²) in [4.78, 5) is 39.9. The van der Waals surface area contributed by atoms with E-state index in [1.807, 2.05) is 37.3 Å². The van der Waals surface area contributed by atoms with Crippen molar-refractivity contribution in [3.05, 3.63) is 88.0 Å². The first-order chi connectivity index (χ1) is 21.3. The Balaban J connectivity index is 1.59. The van der Waals surface area contributed by atoms with E-state index in [0.29, 0.717) is 28.9 Å². The number of rotatable bonds is 10. The van der Waals surface area contributed by atoms with Crippen LogP contribution in [-0.2, 0) is 26.5 Å². The van der Waals surface area contributed by atoms with Gasteiger partial charge in [-0.25, -0.2) is 0 Å². The van der Waals surface area contributed by atoms with Crippen molar-refractivity contribution in [3.8, 4) is 5.75 Å². The van der Waals surface area contributed by atoms with Gasteiger partial charge in [0.05, 0.1) is 38.4 Å². The summed E-state index contributed by atoms with van der Waals surface area (Å²) in [6, 6.07) is 19.3. The zero-order chi connectivity index (χ0) is 32.7. The van der Waals surface area contributed by atoms with Crippen molar-refractivity contribution in [2.45, 2.75) is 63.3 Å². The van der Waals surface area contributed by atoms with E-state index in [4.69, 9.17) is 9.47 Å². The number of nitro groups is 1. The zero-order valence-electron chi connectivity index (χ0n) is 26.0. The molecule has 0 saturated carbocycles. The molecule has 0 bridgehead atoms. The third-order valence-corrected chi connectivity index (χ3v) is 13.7. The van der Waals surface area contributed by atoms with Gasteiger partial charge in [0.15, 0.2) is 5.60 Å². The van der Waals surface area contributed by atoms with E-state index in [1.54, 1.807) is 36.3 Å². The van der Waals surface area contributed by atoms with E-state index in [-0.39, 0.29) is 36.2 Å². The van der Waals surface area contributed by atoms with Gasteiger partial charge in [-0.05, 0) is 54.8 Å². The summed E-state index contributed by atoms with van der Waals surface area (Å²) in [5, 5.41) is 35.4. The number of benzene rings is 3. The number of hydrogen-bond donors (Lipinski definition) is 3. The fourth-order valence-corrected chi connectivity index (χ4v) is 11.2. The first-order valence-corrected chi connectivity index (χ1v) is 18.0. The summed E-state index contributed by atoms with van der Waals surface area (Å²) in [5.74, 6) is -0.527. The molecule has 11 nitrogen and oxygen atoms in total. The maximum Gasteiger partial charge on any atom is 0.269 e. The van der Waals surface area contributed by atoms with Crippen LogP contribution in [0.1, 0.15) is 31.4 Å². The normalized spacial score (nSPS) is 23.2. The van der Waals surface area contributed by atoms with Gasteiger partial charge in [-0.1, -0.05) is 49.5 Å². The van der Waals surface area contributed by atoms with Crippen LogP contribution in [0.25, 0.3) is 0 Å². The van der Waals surface area contributed by atoms with Crippen molar-refractivity contribution >= 4 is 42.1 Å². The second-order valence-corrected chi connectivity index (χ2v) is 17.1. The lowest BCUT2D eigenvalue weighted by Crippen LogP contribution is -2.51. The van der Waals surface area contributed by atoms with Crippen LogP contribution < -0.4 is 20.1 Å². The Kier molecular flexibility index (Phi) is 8.87. The molecule has 45 heavy (non-hydrogen) atoms. The van der Waals surface area contributed by atoms with Gasteiger partial charge in [-0.2, -0.15) is 0 Å². The molecular formula is C33H39N3O8Si. The van der Waals surface area contributed by atoms with Crippen molar-refractivity contribution in [2.24, 2.45) is 5.92 Å². The van der Waals surface area contributed by atoms with Crippen LogP contribution in [0.3, 0.4) is 0 Å². The molecular weight excluding hydrogens is 594 g/mol. The standard InChI is InChI=1S/C33H39N3O8Si/c1-20-30(45(4,5)26-12-10-25(43-3)11-13-26)29(15-16-37)44-33(20)27-18-24(36(41)42)9-14-28(27)35(32(33)40)19-22-7-6-8-23(17-22)34-31(39)21(2)38/h6-14,17-18,20-21,29-30,37-38H,15-16,19H2,1-5H3,(H,34,39)/t20-,21+,29+,30-,33+/m1/s1. The van der Waals surface area contributed by atoms with Crippen LogP contribution in [0.2, 0.25) is 18.6 Å². The Morgan fingerprint density at radius 1 is 1.18 bits per heavy atom. The van der Waals surface area contributed by atoms with Crippen LogP contribution in [0, 0.1) is 16.0 Å². The summed E-state index contributed by atoms with van der Waals surface area (Å²) in [7, 11) is -0.798. The highest BCUT2D eigenvalue weighted by Crippen LogP contribution is 2.60. The fourth-order valence-electron chi connectivity index (χ4n) is 7.15. The topological polar surface area (TPSA) is 151 Å². The average Bonchev–Trinajstić information content (AvgIpc) is 3.43. The lowest BCUT2D eigenvalue weighted by atomic mass is 9.82. The third-order valence-electron chi connectivity index (χ3n) is 9.36. The number of aliphatic hydroxyl groups is 2. The zero-order valence-corrected chi connectivity index (χ0v) is 27.0. The molecule has 2 aliphatic rings. The second kappa shape index (κ2) is 12.4. The number of anilines is 2. The molecule has 5 rings (SSSR count). The minimum absolute atomic E-state index is 0.118. The van der Waals surface area contributed by atoms with Gasteiger partial charge < -0.3 is 29.9 Å². The van der Waals surface area contributed by atoms with Gasteiger partial charge in [0.25, 0.3) is 17.5 Å². The van der Waals surface area contributed by atoms with Crippen LogP contribution in [0.5, 0.6) is 5.75 Å². The highest BCUT2D eigenvalue weighted by atomic mass is 28.3. The first-order valence-electron chi connectivity index (χ1n) is 15.0. The van der Waals surface area contributed by atoms with Crippen LogP contribution >= 0.6 is 0 Å². The number of hydrogen-bond acceptors (Lipinski definition) is 8. The molecule has 2 heterocycles. The van der Waals surface area contributed by atoms with E-state index in [2.05, 4.69) is 18.4 Å². The largest absolute Gasteiger partial charge is 0.497 e. The van der Waals surface area contributed by atoms with Gasteiger partial charge in [0.2, 0.25) is 0 Å². The molecule has 0 aliphatic carbocycles. The Bertz CT molecular complexity index is 1610. The predicted molar refractivity (Wildman–Crippen MR) is 172 cm³/mol. The molecule has 12 heteroatoms. The first kappa shape index (κ1) is 32.3. The van der Waals surface area contributed by atoms with Crippen LogP contribution in [-0.4, -0.2) is 60.9 Å². The number of carbonyl (C=O) groups excluding carboxylic acids is 2. The molecule has 1 saturated heterocycles. The maximum absolute atomic E-state index is 14.7. The van der Waals surface area contributed by atoms with Crippen molar-refractivity contribution in [3.63, 3.8) is 0 Å². The Labute approximate surface area is 262 Å². The third kappa shape index (κ3) is 5.63. The number of methoxy groups -OCH3 is 1. The molecule has 1 spiro atoms. The molecule has 3 N–H and O–H groups in total. The Morgan fingerprint density at radius 3 is 2.51 bits per heavy atom. The van der Waals surface area contributed by atoms with Gasteiger partial charge >= 0.3 is 0 Å². The van der Waals surface area contributed by atoms with Crippen LogP contribution in [0.4, 0.5) is 17.1 Å². The molecule has 3 aromatic rings. The summed E-state index contributed by atoms with van der Waals surface area (Å²) < 4.78 is 12.2.